The molecule has 1 aromatic heterocycles. The lowest BCUT2D eigenvalue weighted by atomic mass is 10.2. The first-order chi connectivity index (χ1) is 13.8. The van der Waals surface area contributed by atoms with Gasteiger partial charge in [0, 0.05) is 33.1 Å². The molecular formula is C20H23F3N4O2. The maximum absolute atomic E-state index is 13.5. The van der Waals surface area contributed by atoms with Crippen LogP contribution >= 0.6 is 0 Å². The summed E-state index contributed by atoms with van der Waals surface area (Å²) < 4.78 is 45.7. The fraction of sp³-hybridized carbons (Fsp3) is 0.400. The highest BCUT2D eigenvalue weighted by atomic mass is 19.4. The van der Waals surface area contributed by atoms with Gasteiger partial charge in [0.1, 0.15) is 17.4 Å². The summed E-state index contributed by atoms with van der Waals surface area (Å²) in [5.41, 5.74) is 0.0162. The number of rotatable bonds is 5. The molecule has 156 valence electrons. The van der Waals surface area contributed by atoms with Gasteiger partial charge in [-0.2, -0.15) is 13.2 Å². The quantitative estimate of drug-likeness (QED) is 0.824. The Hall–Kier alpha value is -2.81. The molecule has 0 bridgehead atoms. The minimum absolute atomic E-state index is 0.141. The smallest absolute Gasteiger partial charge is 0.419 e. The second kappa shape index (κ2) is 8.69. The van der Waals surface area contributed by atoms with E-state index in [2.05, 4.69) is 10.3 Å². The Labute approximate surface area is 167 Å². The predicted molar refractivity (Wildman–Crippen MR) is 104 cm³/mol. The number of aromatic nitrogens is 1. The number of alkyl halides is 3. The standard InChI is InChI=1S/C20H23F3N4O2/c1-14(28)27(13-15-3-5-16(29-2)6-4-15)18-8-7-17(20(21,22)23)19(25-18)26-11-9-24-10-12-26/h3-8,24H,9-13H2,1-2H3. The van der Waals surface area contributed by atoms with E-state index >= 15 is 0 Å². The fourth-order valence-corrected chi connectivity index (χ4v) is 3.19. The van der Waals surface area contributed by atoms with Crippen LogP contribution in [0.4, 0.5) is 24.8 Å². The lowest BCUT2D eigenvalue weighted by Gasteiger charge is -2.31. The number of anilines is 2. The number of amides is 1. The zero-order valence-electron chi connectivity index (χ0n) is 16.3. The predicted octanol–water partition coefficient (Wildman–Crippen LogP) is 3.07. The molecule has 2 aromatic rings. The largest absolute Gasteiger partial charge is 0.497 e. The second-order valence-electron chi connectivity index (χ2n) is 6.73. The van der Waals surface area contributed by atoms with Gasteiger partial charge in [0.15, 0.2) is 0 Å². The third kappa shape index (κ3) is 4.97. The van der Waals surface area contributed by atoms with Gasteiger partial charge < -0.3 is 15.0 Å². The molecule has 1 saturated heterocycles. The molecule has 0 spiro atoms. The Kier molecular flexibility index (Phi) is 6.26. The zero-order chi connectivity index (χ0) is 21.0. The Morgan fingerprint density at radius 2 is 1.83 bits per heavy atom. The first-order valence-corrected chi connectivity index (χ1v) is 9.24. The van der Waals surface area contributed by atoms with Crippen molar-refractivity contribution in [2.45, 2.75) is 19.6 Å². The molecule has 6 nitrogen and oxygen atoms in total. The van der Waals surface area contributed by atoms with E-state index in [4.69, 9.17) is 4.74 Å². The van der Waals surface area contributed by atoms with Crippen molar-refractivity contribution in [2.24, 2.45) is 0 Å². The Morgan fingerprint density at radius 3 is 2.38 bits per heavy atom. The summed E-state index contributed by atoms with van der Waals surface area (Å²) in [6, 6.07) is 9.38. The molecule has 3 rings (SSSR count). The minimum atomic E-state index is -4.53. The molecule has 1 aliphatic heterocycles. The van der Waals surface area contributed by atoms with Crippen molar-refractivity contribution in [3.63, 3.8) is 0 Å². The molecule has 1 aromatic carbocycles. The van der Waals surface area contributed by atoms with E-state index in [0.29, 0.717) is 31.9 Å². The van der Waals surface area contributed by atoms with E-state index in [9.17, 15) is 18.0 Å². The Bertz CT molecular complexity index is 850. The van der Waals surface area contributed by atoms with Crippen molar-refractivity contribution in [3.05, 3.63) is 47.5 Å². The van der Waals surface area contributed by atoms with Gasteiger partial charge in [-0.25, -0.2) is 4.98 Å². The SMILES string of the molecule is COc1ccc(CN(C(C)=O)c2ccc(C(F)(F)F)c(N3CCNCC3)n2)cc1. The average molecular weight is 408 g/mol. The number of hydrogen-bond donors (Lipinski definition) is 1. The molecule has 9 heteroatoms. The van der Waals surface area contributed by atoms with E-state index in [0.717, 1.165) is 11.6 Å². The summed E-state index contributed by atoms with van der Waals surface area (Å²) in [5, 5.41) is 3.11. The monoisotopic (exact) mass is 408 g/mol. The number of ether oxygens (including phenoxy) is 1. The van der Waals surface area contributed by atoms with E-state index in [1.807, 2.05) is 0 Å². The number of halogens is 3. The first kappa shape index (κ1) is 20.9. The van der Waals surface area contributed by atoms with Crippen LogP contribution in [-0.4, -0.2) is 44.2 Å². The molecule has 0 atom stereocenters. The molecule has 1 amide bonds. The van der Waals surface area contributed by atoms with Crippen LogP contribution in [0.3, 0.4) is 0 Å². The van der Waals surface area contributed by atoms with E-state index in [1.54, 1.807) is 36.3 Å². The average Bonchev–Trinajstić information content (AvgIpc) is 2.72. The second-order valence-corrected chi connectivity index (χ2v) is 6.73. The van der Waals surface area contributed by atoms with Crippen molar-refractivity contribution < 1.29 is 22.7 Å². The van der Waals surface area contributed by atoms with Crippen LogP contribution in [0.15, 0.2) is 36.4 Å². The molecule has 29 heavy (non-hydrogen) atoms. The van der Waals surface area contributed by atoms with Gasteiger partial charge >= 0.3 is 6.18 Å². The third-order valence-corrected chi connectivity index (χ3v) is 4.74. The molecule has 0 unspecified atom stereocenters. The van der Waals surface area contributed by atoms with Gasteiger partial charge in [0.25, 0.3) is 0 Å². The molecule has 1 fully saturated rings. The fourth-order valence-electron chi connectivity index (χ4n) is 3.19. The van der Waals surface area contributed by atoms with Crippen molar-refractivity contribution in [1.82, 2.24) is 10.3 Å². The highest BCUT2D eigenvalue weighted by molar-refractivity contribution is 5.90. The molecule has 2 heterocycles. The molecule has 1 N–H and O–H groups in total. The maximum Gasteiger partial charge on any atom is 0.419 e. The van der Waals surface area contributed by atoms with Crippen LogP contribution < -0.4 is 19.9 Å². The number of nitrogens with zero attached hydrogens (tertiary/aromatic N) is 3. The van der Waals surface area contributed by atoms with Crippen molar-refractivity contribution in [2.75, 3.05) is 43.1 Å². The van der Waals surface area contributed by atoms with Gasteiger partial charge in [-0.05, 0) is 29.8 Å². The minimum Gasteiger partial charge on any atom is -0.497 e. The molecule has 1 aliphatic rings. The Morgan fingerprint density at radius 1 is 1.17 bits per heavy atom. The summed E-state index contributed by atoms with van der Waals surface area (Å²) in [5.74, 6) is 0.420. The van der Waals surface area contributed by atoms with Crippen LogP contribution in [0.1, 0.15) is 18.1 Å². The van der Waals surface area contributed by atoms with Crippen LogP contribution in [-0.2, 0) is 17.5 Å². The number of pyridine rings is 1. The lowest BCUT2D eigenvalue weighted by molar-refractivity contribution is -0.137. The van der Waals surface area contributed by atoms with Crippen molar-refractivity contribution in [1.29, 1.82) is 0 Å². The van der Waals surface area contributed by atoms with Crippen LogP contribution in [0.2, 0.25) is 0 Å². The summed E-state index contributed by atoms with van der Waals surface area (Å²) in [6.07, 6.45) is -4.53. The van der Waals surface area contributed by atoms with Gasteiger partial charge in [0.2, 0.25) is 5.91 Å². The summed E-state index contributed by atoms with van der Waals surface area (Å²) in [6.45, 7) is 3.54. The first-order valence-electron chi connectivity index (χ1n) is 9.24. The van der Waals surface area contributed by atoms with E-state index in [1.165, 1.54) is 17.9 Å². The number of benzene rings is 1. The maximum atomic E-state index is 13.5. The highest BCUT2D eigenvalue weighted by Crippen LogP contribution is 2.37. The number of nitrogens with one attached hydrogen (secondary N) is 1. The molecule has 0 radical (unpaired) electrons. The summed E-state index contributed by atoms with van der Waals surface area (Å²) in [4.78, 5) is 19.5. The summed E-state index contributed by atoms with van der Waals surface area (Å²) in [7, 11) is 1.56. The van der Waals surface area contributed by atoms with Crippen LogP contribution in [0.25, 0.3) is 0 Å². The van der Waals surface area contributed by atoms with Gasteiger partial charge in [-0.1, -0.05) is 12.1 Å². The van der Waals surface area contributed by atoms with Gasteiger partial charge in [0.05, 0.1) is 19.2 Å². The molecule has 0 saturated carbocycles. The number of carbonyl (C=O) groups excluding carboxylic acids is 1. The number of methoxy groups -OCH3 is 1. The van der Waals surface area contributed by atoms with Crippen molar-refractivity contribution >= 4 is 17.5 Å². The van der Waals surface area contributed by atoms with E-state index in [-0.39, 0.29) is 24.1 Å². The topological polar surface area (TPSA) is 57.7 Å². The normalized spacial score (nSPS) is 14.6. The zero-order valence-corrected chi connectivity index (χ0v) is 16.3. The van der Waals surface area contributed by atoms with Gasteiger partial charge in [-0.15, -0.1) is 0 Å². The third-order valence-electron chi connectivity index (χ3n) is 4.74. The summed E-state index contributed by atoms with van der Waals surface area (Å²) >= 11 is 0. The number of piperazine rings is 1. The van der Waals surface area contributed by atoms with Gasteiger partial charge in [-0.3, -0.25) is 9.69 Å². The molecular weight excluding hydrogens is 385 g/mol. The number of carbonyl (C=O) groups is 1. The highest BCUT2D eigenvalue weighted by Gasteiger charge is 2.36. The van der Waals surface area contributed by atoms with Crippen LogP contribution in [0, 0.1) is 0 Å². The number of hydrogen-bond acceptors (Lipinski definition) is 5. The lowest BCUT2D eigenvalue weighted by Crippen LogP contribution is -2.44. The molecule has 0 aliphatic carbocycles. The van der Waals surface area contributed by atoms with Crippen molar-refractivity contribution in [3.8, 4) is 5.75 Å². The van der Waals surface area contributed by atoms with Crippen LogP contribution in [0.5, 0.6) is 5.75 Å². The Balaban J connectivity index is 1.96. The van der Waals surface area contributed by atoms with E-state index < -0.39 is 11.7 Å².